The first-order chi connectivity index (χ1) is 8.49. The fourth-order valence-electron chi connectivity index (χ4n) is 1.15. The van der Waals surface area contributed by atoms with Crippen molar-refractivity contribution in [1.82, 2.24) is 5.32 Å². The smallest absolute Gasteiger partial charge is 0.199 e. The molecule has 0 aliphatic carbocycles. The summed E-state index contributed by atoms with van der Waals surface area (Å²) in [6.07, 6.45) is 3.68. The highest BCUT2D eigenvalue weighted by molar-refractivity contribution is 7.81. The largest absolute Gasteiger partial charge is 0.376 e. The SMILES string of the molecule is CC(/C=C/c1ccccc1Cl)=N/C(=S)NC(N)=S. The molecule has 1 aromatic carbocycles. The maximum Gasteiger partial charge on any atom is 0.199 e. The summed E-state index contributed by atoms with van der Waals surface area (Å²) in [5.41, 5.74) is 6.93. The van der Waals surface area contributed by atoms with Gasteiger partial charge in [0.2, 0.25) is 0 Å². The number of thiocarbonyl (C=S) groups is 2. The highest BCUT2D eigenvalue weighted by Crippen LogP contribution is 2.16. The predicted molar refractivity (Wildman–Crippen MR) is 86.1 cm³/mol. The Balaban J connectivity index is 2.73. The van der Waals surface area contributed by atoms with Crippen LogP contribution in [0.3, 0.4) is 0 Å². The van der Waals surface area contributed by atoms with Crippen LogP contribution in [0.4, 0.5) is 0 Å². The number of nitrogens with two attached hydrogens (primary N) is 1. The topological polar surface area (TPSA) is 50.4 Å². The molecule has 6 heteroatoms. The Labute approximate surface area is 122 Å². The molecule has 0 unspecified atom stereocenters. The summed E-state index contributed by atoms with van der Waals surface area (Å²) >= 11 is 15.6. The van der Waals surface area contributed by atoms with E-state index < -0.39 is 0 Å². The minimum atomic E-state index is 0.103. The predicted octanol–water partition coefficient (Wildman–Crippen LogP) is 2.93. The van der Waals surface area contributed by atoms with Crippen molar-refractivity contribution in [1.29, 1.82) is 0 Å². The van der Waals surface area contributed by atoms with Crippen molar-refractivity contribution in [3.63, 3.8) is 0 Å². The molecule has 0 aliphatic heterocycles. The molecule has 3 N–H and O–H groups in total. The molecule has 94 valence electrons. The van der Waals surface area contributed by atoms with Gasteiger partial charge in [-0.3, -0.25) is 0 Å². The molecule has 18 heavy (non-hydrogen) atoms. The number of halogens is 1. The molecule has 1 rings (SSSR count). The maximum atomic E-state index is 6.02. The molecule has 0 heterocycles. The Morgan fingerprint density at radius 1 is 1.39 bits per heavy atom. The van der Waals surface area contributed by atoms with Crippen molar-refractivity contribution in [3.8, 4) is 0 Å². The summed E-state index contributed by atoms with van der Waals surface area (Å²) in [5, 5.41) is 3.60. The second kappa shape index (κ2) is 7.20. The number of allylic oxidation sites excluding steroid dienone is 1. The van der Waals surface area contributed by atoms with E-state index in [-0.39, 0.29) is 10.2 Å². The average Bonchev–Trinajstić information content (AvgIpc) is 2.26. The number of nitrogens with one attached hydrogen (secondary N) is 1. The van der Waals surface area contributed by atoms with Crippen LogP contribution in [0.5, 0.6) is 0 Å². The molecule has 0 radical (unpaired) electrons. The summed E-state index contributed by atoms with van der Waals surface area (Å²) in [4.78, 5) is 4.10. The van der Waals surface area contributed by atoms with E-state index in [1.165, 1.54) is 0 Å². The van der Waals surface area contributed by atoms with Gasteiger partial charge >= 0.3 is 0 Å². The van der Waals surface area contributed by atoms with Crippen molar-refractivity contribution in [2.24, 2.45) is 10.7 Å². The standard InChI is InChI=1S/C12H12ClN3S2/c1-8(15-12(18)16-11(14)17)6-7-9-4-2-3-5-10(9)13/h2-7H,1H3,(H3,14,16,17,18)/b7-6+,15-8-. The monoisotopic (exact) mass is 297 g/mol. The first-order valence-corrected chi connectivity index (χ1v) is 6.27. The van der Waals surface area contributed by atoms with Gasteiger partial charge in [0.15, 0.2) is 10.2 Å². The lowest BCUT2D eigenvalue weighted by Gasteiger charge is -2.00. The van der Waals surface area contributed by atoms with E-state index in [9.17, 15) is 0 Å². The van der Waals surface area contributed by atoms with Crippen LogP contribution < -0.4 is 11.1 Å². The molecule has 0 aliphatic rings. The third kappa shape index (κ3) is 5.35. The van der Waals surface area contributed by atoms with Crippen molar-refractivity contribution in [3.05, 3.63) is 40.9 Å². The lowest BCUT2D eigenvalue weighted by Crippen LogP contribution is -2.32. The van der Waals surface area contributed by atoms with Crippen LogP contribution in [0.25, 0.3) is 6.08 Å². The first kappa shape index (κ1) is 14.8. The molecule has 0 fully saturated rings. The molecule has 0 spiro atoms. The van der Waals surface area contributed by atoms with Gasteiger partial charge in [-0.25, -0.2) is 4.99 Å². The minimum Gasteiger partial charge on any atom is -0.376 e. The van der Waals surface area contributed by atoms with E-state index in [1.54, 1.807) is 0 Å². The van der Waals surface area contributed by atoms with Gasteiger partial charge in [-0.1, -0.05) is 35.9 Å². The van der Waals surface area contributed by atoms with Gasteiger partial charge in [0.05, 0.1) is 0 Å². The Hall–Kier alpha value is -1.30. The Morgan fingerprint density at radius 3 is 2.67 bits per heavy atom. The van der Waals surface area contributed by atoms with E-state index >= 15 is 0 Å². The molecule has 0 aromatic heterocycles. The average molecular weight is 298 g/mol. The molecular weight excluding hydrogens is 286 g/mol. The fraction of sp³-hybridized carbons (Fsp3) is 0.0833. The van der Waals surface area contributed by atoms with Gasteiger partial charge in [-0.2, -0.15) is 0 Å². The summed E-state index contributed by atoms with van der Waals surface area (Å²) in [6, 6.07) is 7.53. The second-order valence-electron chi connectivity index (χ2n) is 3.40. The van der Waals surface area contributed by atoms with Crippen LogP contribution in [0.15, 0.2) is 35.3 Å². The fourth-order valence-corrected chi connectivity index (χ4v) is 1.77. The second-order valence-corrected chi connectivity index (χ2v) is 4.64. The van der Waals surface area contributed by atoms with E-state index in [0.717, 1.165) is 11.3 Å². The van der Waals surface area contributed by atoms with E-state index in [0.29, 0.717) is 5.02 Å². The molecular formula is C12H12ClN3S2. The molecule has 0 saturated heterocycles. The van der Waals surface area contributed by atoms with Crippen LogP contribution in [-0.4, -0.2) is 15.9 Å². The Morgan fingerprint density at radius 2 is 2.06 bits per heavy atom. The lowest BCUT2D eigenvalue weighted by molar-refractivity contribution is 1.35. The van der Waals surface area contributed by atoms with Gasteiger partial charge in [-0.05, 0) is 49.1 Å². The van der Waals surface area contributed by atoms with Gasteiger partial charge in [0.25, 0.3) is 0 Å². The summed E-state index contributed by atoms with van der Waals surface area (Å²) < 4.78 is 0. The van der Waals surface area contributed by atoms with Gasteiger partial charge in [0, 0.05) is 10.7 Å². The van der Waals surface area contributed by atoms with E-state index in [1.807, 2.05) is 43.3 Å². The van der Waals surface area contributed by atoms with Crippen LogP contribution in [0.1, 0.15) is 12.5 Å². The van der Waals surface area contributed by atoms with Crippen LogP contribution >= 0.6 is 36.0 Å². The van der Waals surface area contributed by atoms with Crippen LogP contribution in [0, 0.1) is 0 Å². The normalized spacial score (nSPS) is 11.6. The number of benzene rings is 1. The van der Waals surface area contributed by atoms with Crippen LogP contribution in [0.2, 0.25) is 5.02 Å². The zero-order chi connectivity index (χ0) is 13.5. The zero-order valence-electron chi connectivity index (χ0n) is 9.68. The molecule has 0 amide bonds. The van der Waals surface area contributed by atoms with Crippen LogP contribution in [-0.2, 0) is 0 Å². The number of aliphatic imine (C=N–C) groups is 1. The highest BCUT2D eigenvalue weighted by Gasteiger charge is 1.96. The Kier molecular flexibility index (Phi) is 5.91. The lowest BCUT2D eigenvalue weighted by atomic mass is 10.2. The third-order valence-electron chi connectivity index (χ3n) is 1.92. The highest BCUT2D eigenvalue weighted by atomic mass is 35.5. The van der Waals surface area contributed by atoms with E-state index in [4.69, 9.17) is 29.6 Å². The van der Waals surface area contributed by atoms with Crippen molar-refractivity contribution in [2.75, 3.05) is 0 Å². The van der Waals surface area contributed by atoms with Crippen molar-refractivity contribution in [2.45, 2.75) is 6.92 Å². The number of nitrogens with zero attached hydrogens (tertiary/aromatic N) is 1. The summed E-state index contributed by atoms with van der Waals surface area (Å²) in [6.45, 7) is 1.82. The third-order valence-corrected chi connectivity index (χ3v) is 2.56. The van der Waals surface area contributed by atoms with Gasteiger partial charge in [0.1, 0.15) is 0 Å². The quantitative estimate of drug-likeness (QED) is 0.651. The van der Waals surface area contributed by atoms with Gasteiger partial charge < -0.3 is 11.1 Å². The molecule has 0 saturated carbocycles. The number of hydrogen-bond acceptors (Lipinski definition) is 2. The minimum absolute atomic E-state index is 0.103. The van der Waals surface area contributed by atoms with Crippen molar-refractivity contribution >= 4 is 58.0 Å². The first-order valence-electron chi connectivity index (χ1n) is 5.07. The van der Waals surface area contributed by atoms with E-state index in [2.05, 4.69) is 22.5 Å². The molecule has 0 bridgehead atoms. The Bertz CT molecular complexity index is 524. The van der Waals surface area contributed by atoms with Gasteiger partial charge in [-0.15, -0.1) is 0 Å². The molecule has 3 nitrogen and oxygen atoms in total. The molecule has 1 aromatic rings. The number of rotatable bonds is 2. The zero-order valence-corrected chi connectivity index (χ0v) is 12.1. The maximum absolute atomic E-state index is 6.02. The summed E-state index contributed by atoms with van der Waals surface area (Å²) in [7, 11) is 0. The van der Waals surface area contributed by atoms with Crippen molar-refractivity contribution < 1.29 is 0 Å². The molecule has 0 atom stereocenters. The number of hydrogen-bond donors (Lipinski definition) is 2. The summed E-state index contributed by atoms with van der Waals surface area (Å²) in [5.74, 6) is 0.